The highest BCUT2D eigenvalue weighted by molar-refractivity contribution is 5.91. The quantitative estimate of drug-likeness (QED) is 0.880. The molecule has 0 radical (unpaired) electrons. The SMILES string of the molecule is CCc1ccc(NC(=O)C[NH+]2CCC[C@@H]3CCCC[C@@H]32)cc1. The van der Waals surface area contributed by atoms with Gasteiger partial charge in [-0.05, 0) is 56.2 Å². The van der Waals surface area contributed by atoms with E-state index in [9.17, 15) is 4.79 Å². The van der Waals surface area contributed by atoms with Crippen LogP contribution in [0.25, 0.3) is 0 Å². The molecule has 1 saturated carbocycles. The van der Waals surface area contributed by atoms with Crippen LogP contribution in [0.4, 0.5) is 5.69 Å². The number of fused-ring (bicyclic) bond motifs is 1. The lowest BCUT2D eigenvalue weighted by Crippen LogP contribution is -3.18. The zero-order chi connectivity index (χ0) is 15.4. The van der Waals surface area contributed by atoms with Gasteiger partial charge in [0, 0.05) is 11.6 Å². The third-order valence-electron chi connectivity index (χ3n) is 5.54. The minimum atomic E-state index is 0.172. The summed E-state index contributed by atoms with van der Waals surface area (Å²) in [5.41, 5.74) is 2.24. The summed E-state index contributed by atoms with van der Waals surface area (Å²) in [5, 5.41) is 3.08. The van der Waals surface area contributed by atoms with E-state index in [1.54, 1.807) is 0 Å². The highest BCUT2D eigenvalue weighted by Crippen LogP contribution is 2.28. The summed E-state index contributed by atoms with van der Waals surface area (Å²) in [4.78, 5) is 13.9. The Hall–Kier alpha value is -1.35. The Balaban J connectivity index is 1.56. The highest BCUT2D eigenvalue weighted by Gasteiger charge is 2.37. The number of hydrogen-bond donors (Lipinski definition) is 2. The van der Waals surface area contributed by atoms with Crippen LogP contribution in [0.2, 0.25) is 0 Å². The number of benzene rings is 1. The van der Waals surface area contributed by atoms with Crippen LogP contribution in [0.3, 0.4) is 0 Å². The van der Waals surface area contributed by atoms with Gasteiger partial charge in [0.2, 0.25) is 0 Å². The molecule has 0 spiro atoms. The number of anilines is 1. The van der Waals surface area contributed by atoms with Crippen molar-refractivity contribution >= 4 is 11.6 Å². The van der Waals surface area contributed by atoms with Gasteiger partial charge in [-0.1, -0.05) is 25.5 Å². The molecule has 0 bridgehead atoms. The van der Waals surface area contributed by atoms with Crippen molar-refractivity contribution in [3.05, 3.63) is 29.8 Å². The number of rotatable bonds is 4. The number of piperidine rings is 1. The number of amides is 1. The van der Waals surface area contributed by atoms with E-state index in [1.165, 1.54) is 55.5 Å². The van der Waals surface area contributed by atoms with Crippen molar-refractivity contribution in [3.63, 3.8) is 0 Å². The normalized spacial score (nSPS) is 28.0. The number of carbonyl (C=O) groups is 1. The molecule has 2 N–H and O–H groups in total. The molecule has 2 aliphatic rings. The number of aryl methyl sites for hydroxylation is 1. The molecule has 2 fully saturated rings. The van der Waals surface area contributed by atoms with E-state index in [0.717, 1.165) is 24.1 Å². The Morgan fingerprint density at radius 2 is 1.86 bits per heavy atom. The van der Waals surface area contributed by atoms with Gasteiger partial charge in [-0.2, -0.15) is 0 Å². The van der Waals surface area contributed by atoms with Gasteiger partial charge in [0.05, 0.1) is 12.6 Å². The van der Waals surface area contributed by atoms with Crippen molar-refractivity contribution in [1.29, 1.82) is 0 Å². The standard InChI is InChI=1S/C19H28N2O/c1-2-15-9-11-17(12-10-15)20-19(22)14-21-13-5-7-16-6-3-4-8-18(16)21/h9-12,16,18H,2-8,13-14H2,1H3,(H,20,22)/p+1/t16-,18-/m0/s1. The Labute approximate surface area is 134 Å². The van der Waals surface area contributed by atoms with Crippen LogP contribution < -0.4 is 10.2 Å². The average molecular weight is 301 g/mol. The Kier molecular flexibility index (Phi) is 5.14. The van der Waals surface area contributed by atoms with Crippen LogP contribution in [0.1, 0.15) is 51.0 Å². The smallest absolute Gasteiger partial charge is 0.279 e. The lowest BCUT2D eigenvalue weighted by Gasteiger charge is -2.40. The van der Waals surface area contributed by atoms with Crippen LogP contribution in [-0.2, 0) is 11.2 Å². The molecule has 3 heteroatoms. The van der Waals surface area contributed by atoms with Crippen molar-refractivity contribution in [1.82, 2.24) is 0 Å². The molecule has 22 heavy (non-hydrogen) atoms. The fourth-order valence-electron chi connectivity index (χ4n) is 4.32. The number of likely N-dealkylation sites (tertiary alicyclic amines) is 1. The van der Waals surface area contributed by atoms with Crippen LogP contribution in [0.5, 0.6) is 0 Å². The molecule has 1 aromatic rings. The van der Waals surface area contributed by atoms with E-state index >= 15 is 0 Å². The van der Waals surface area contributed by atoms with E-state index in [-0.39, 0.29) is 5.91 Å². The molecular formula is C19H29N2O+. The van der Waals surface area contributed by atoms with Gasteiger partial charge in [-0.15, -0.1) is 0 Å². The van der Waals surface area contributed by atoms with Gasteiger partial charge in [-0.3, -0.25) is 4.79 Å². The fourth-order valence-corrected chi connectivity index (χ4v) is 4.32. The minimum absolute atomic E-state index is 0.172. The van der Waals surface area contributed by atoms with E-state index in [4.69, 9.17) is 0 Å². The van der Waals surface area contributed by atoms with Gasteiger partial charge in [0.1, 0.15) is 0 Å². The van der Waals surface area contributed by atoms with E-state index in [0.29, 0.717) is 6.54 Å². The highest BCUT2D eigenvalue weighted by atomic mass is 16.2. The van der Waals surface area contributed by atoms with Gasteiger partial charge in [0.25, 0.3) is 5.91 Å². The first-order valence-corrected chi connectivity index (χ1v) is 8.99. The molecule has 1 aliphatic heterocycles. The van der Waals surface area contributed by atoms with Crippen LogP contribution in [0, 0.1) is 5.92 Å². The zero-order valence-electron chi connectivity index (χ0n) is 13.7. The first-order valence-electron chi connectivity index (χ1n) is 8.99. The second-order valence-corrected chi connectivity index (χ2v) is 6.98. The predicted octanol–water partition coefficient (Wildman–Crippen LogP) is 2.42. The van der Waals surface area contributed by atoms with Crippen molar-refractivity contribution in [2.75, 3.05) is 18.4 Å². The Morgan fingerprint density at radius 1 is 1.14 bits per heavy atom. The molecule has 1 unspecified atom stereocenters. The average Bonchev–Trinajstić information content (AvgIpc) is 2.56. The van der Waals surface area contributed by atoms with Crippen molar-refractivity contribution in [3.8, 4) is 0 Å². The summed E-state index contributed by atoms with van der Waals surface area (Å²) < 4.78 is 0. The first-order chi connectivity index (χ1) is 10.8. The number of hydrogen-bond acceptors (Lipinski definition) is 1. The largest absolute Gasteiger partial charge is 0.324 e. The van der Waals surface area contributed by atoms with Crippen molar-refractivity contribution in [2.45, 2.75) is 57.9 Å². The van der Waals surface area contributed by atoms with Crippen LogP contribution in [-0.4, -0.2) is 25.0 Å². The third-order valence-corrected chi connectivity index (χ3v) is 5.54. The second-order valence-electron chi connectivity index (χ2n) is 6.98. The fraction of sp³-hybridized carbons (Fsp3) is 0.632. The monoisotopic (exact) mass is 301 g/mol. The number of quaternary nitrogens is 1. The summed E-state index contributed by atoms with van der Waals surface area (Å²) in [5.74, 6) is 1.04. The zero-order valence-corrected chi connectivity index (χ0v) is 13.7. The molecule has 3 nitrogen and oxygen atoms in total. The number of carbonyl (C=O) groups excluding carboxylic acids is 1. The van der Waals surface area contributed by atoms with E-state index in [1.807, 2.05) is 12.1 Å². The Morgan fingerprint density at radius 3 is 2.64 bits per heavy atom. The summed E-state index contributed by atoms with van der Waals surface area (Å²) in [7, 11) is 0. The summed E-state index contributed by atoms with van der Waals surface area (Å²) in [6, 6.07) is 8.97. The molecule has 1 amide bonds. The summed E-state index contributed by atoms with van der Waals surface area (Å²) >= 11 is 0. The number of nitrogens with one attached hydrogen (secondary N) is 2. The summed E-state index contributed by atoms with van der Waals surface area (Å²) in [6.45, 7) is 3.95. The minimum Gasteiger partial charge on any atom is -0.324 e. The molecule has 3 rings (SSSR count). The molecule has 1 aromatic carbocycles. The van der Waals surface area contributed by atoms with Gasteiger partial charge >= 0.3 is 0 Å². The topological polar surface area (TPSA) is 33.5 Å². The maximum Gasteiger partial charge on any atom is 0.279 e. The van der Waals surface area contributed by atoms with Crippen LogP contribution >= 0.6 is 0 Å². The maximum atomic E-state index is 12.4. The molecule has 3 atom stereocenters. The Bertz CT molecular complexity index is 495. The molecule has 1 heterocycles. The first kappa shape index (κ1) is 15.5. The maximum absolute atomic E-state index is 12.4. The summed E-state index contributed by atoms with van der Waals surface area (Å²) in [6.07, 6.45) is 9.15. The van der Waals surface area contributed by atoms with E-state index in [2.05, 4.69) is 24.4 Å². The van der Waals surface area contributed by atoms with E-state index < -0.39 is 0 Å². The van der Waals surface area contributed by atoms with Gasteiger partial charge in [-0.25, -0.2) is 0 Å². The van der Waals surface area contributed by atoms with Crippen LogP contribution in [0.15, 0.2) is 24.3 Å². The van der Waals surface area contributed by atoms with Crippen molar-refractivity contribution < 1.29 is 9.69 Å². The van der Waals surface area contributed by atoms with Gasteiger partial charge in [0.15, 0.2) is 6.54 Å². The van der Waals surface area contributed by atoms with Crippen molar-refractivity contribution in [2.24, 2.45) is 5.92 Å². The lowest BCUT2D eigenvalue weighted by molar-refractivity contribution is -0.928. The molecule has 0 aromatic heterocycles. The molecule has 120 valence electrons. The molecule has 1 saturated heterocycles. The molecule has 1 aliphatic carbocycles. The predicted molar refractivity (Wildman–Crippen MR) is 90.1 cm³/mol. The second kappa shape index (κ2) is 7.28. The third kappa shape index (κ3) is 3.70. The lowest BCUT2D eigenvalue weighted by atomic mass is 9.78. The van der Waals surface area contributed by atoms with Gasteiger partial charge < -0.3 is 10.2 Å². The molecular weight excluding hydrogens is 272 g/mol.